The number of ether oxygens (including phenoxy) is 6. The molecule has 1 amide bonds. The number of nitrogens with one attached hydrogen (secondary N) is 1. The fourth-order valence-corrected chi connectivity index (χ4v) is 8.74. The molecule has 426 valence electrons. The number of rotatable bonds is 37. The molecule has 0 aromatic rings. The Bertz CT molecular complexity index is 1640. The van der Waals surface area contributed by atoms with E-state index >= 15 is 0 Å². The summed E-state index contributed by atoms with van der Waals surface area (Å²) in [6.07, 6.45) is 16.3. The molecular formula is C55H93NO18. The van der Waals surface area contributed by atoms with Gasteiger partial charge in [0.05, 0.1) is 38.6 Å². The molecule has 0 bridgehead atoms. The summed E-state index contributed by atoms with van der Waals surface area (Å²) < 4.78 is 34.1. The van der Waals surface area contributed by atoms with Gasteiger partial charge < -0.3 is 89.9 Å². The summed E-state index contributed by atoms with van der Waals surface area (Å²) in [5, 5.41) is 120. The SMILES string of the molecule is CC/C=C\C/C=C\C/C=C\C/C=C\CCC(=O)NC(COC1OC(CO)C(OC2OC(CO)C(OC3OC(CO)C(O)C(O)C3O)C(O)C2O)C(O)C1O)C(O)/C=C/CC/C=C/CCCCCCCCCCCC. The summed E-state index contributed by atoms with van der Waals surface area (Å²) in [5.41, 5.74) is 0. The van der Waals surface area contributed by atoms with Crippen LogP contribution in [-0.4, -0.2) is 193 Å². The maximum atomic E-state index is 13.2. The van der Waals surface area contributed by atoms with Gasteiger partial charge in [0.1, 0.15) is 73.2 Å². The Morgan fingerprint density at radius 1 is 0.500 bits per heavy atom. The number of aliphatic hydroxyl groups is 11. The highest BCUT2D eigenvalue weighted by atomic mass is 16.8. The number of carbonyl (C=O) groups excluding carboxylic acids is 1. The summed E-state index contributed by atoms with van der Waals surface area (Å²) in [7, 11) is 0. The van der Waals surface area contributed by atoms with Gasteiger partial charge in [-0.2, -0.15) is 0 Å². The molecule has 17 atom stereocenters. The van der Waals surface area contributed by atoms with Gasteiger partial charge in [-0.15, -0.1) is 0 Å². The standard InChI is InChI=1S/C55H93NO18/c1-3-5-7-9-11-13-15-17-18-19-21-22-24-26-28-30-32-39(60)38(56-43(61)33-31-29-27-25-23-20-16-14-12-10-8-6-4-2)37-69-53-49(67)46(64)51(41(35-58)71-53)74-55-50(68)47(65)52(42(36-59)72-55)73-54-48(66)45(63)44(62)40(34-57)70-54/h6,8,12,14,20,22-24,27,29-30,32,38-42,44-55,57-60,62-68H,3-5,7,9-11,13,15-19,21,25-26,28,31,33-37H2,1-2H3,(H,56,61)/b8-6-,14-12-,23-20-,24-22+,29-27-,32-30+. The Morgan fingerprint density at radius 2 is 0.946 bits per heavy atom. The lowest BCUT2D eigenvalue weighted by Gasteiger charge is -2.48. The maximum absolute atomic E-state index is 13.2. The molecule has 74 heavy (non-hydrogen) atoms. The first-order valence-electron chi connectivity index (χ1n) is 27.2. The summed E-state index contributed by atoms with van der Waals surface area (Å²) in [5.74, 6) is -0.370. The van der Waals surface area contributed by atoms with Crippen LogP contribution in [-0.2, 0) is 33.2 Å². The fourth-order valence-electron chi connectivity index (χ4n) is 8.74. The Morgan fingerprint density at radius 3 is 1.50 bits per heavy atom. The molecule has 3 rings (SSSR count). The van der Waals surface area contributed by atoms with Crippen LogP contribution in [0.1, 0.15) is 136 Å². The molecule has 0 spiro atoms. The van der Waals surface area contributed by atoms with E-state index in [1.165, 1.54) is 57.8 Å². The lowest BCUT2D eigenvalue weighted by molar-refractivity contribution is -0.379. The third-order valence-electron chi connectivity index (χ3n) is 13.3. The van der Waals surface area contributed by atoms with Crippen molar-refractivity contribution in [3.63, 3.8) is 0 Å². The minimum atomic E-state index is -1.99. The first-order valence-corrected chi connectivity index (χ1v) is 27.2. The topological polar surface area (TPSA) is 307 Å². The second kappa shape index (κ2) is 38.7. The van der Waals surface area contributed by atoms with Crippen LogP contribution < -0.4 is 5.32 Å². The van der Waals surface area contributed by atoms with Gasteiger partial charge in [0.15, 0.2) is 18.9 Å². The van der Waals surface area contributed by atoms with E-state index < -0.39 is 131 Å². The van der Waals surface area contributed by atoms with E-state index in [0.717, 1.165) is 38.5 Å². The number of amides is 1. The molecule has 0 radical (unpaired) electrons. The van der Waals surface area contributed by atoms with E-state index in [4.69, 9.17) is 28.4 Å². The van der Waals surface area contributed by atoms with Crippen LogP contribution in [0.25, 0.3) is 0 Å². The second-order valence-corrected chi connectivity index (χ2v) is 19.3. The van der Waals surface area contributed by atoms with Crippen LogP contribution in [0.4, 0.5) is 0 Å². The van der Waals surface area contributed by atoms with Crippen molar-refractivity contribution in [2.24, 2.45) is 0 Å². The highest BCUT2D eigenvalue weighted by Crippen LogP contribution is 2.33. The predicted molar refractivity (Wildman–Crippen MR) is 277 cm³/mol. The Labute approximate surface area is 438 Å². The molecule has 3 heterocycles. The highest BCUT2D eigenvalue weighted by molar-refractivity contribution is 5.76. The molecule has 0 aromatic carbocycles. The minimum absolute atomic E-state index is 0.111. The van der Waals surface area contributed by atoms with Crippen LogP contribution in [0, 0.1) is 0 Å². The molecule has 19 heteroatoms. The van der Waals surface area contributed by atoms with Crippen molar-refractivity contribution in [2.45, 2.75) is 240 Å². The van der Waals surface area contributed by atoms with Gasteiger partial charge >= 0.3 is 0 Å². The van der Waals surface area contributed by atoms with Crippen LogP contribution >= 0.6 is 0 Å². The van der Waals surface area contributed by atoms with Crippen LogP contribution in [0.2, 0.25) is 0 Å². The molecule has 3 fully saturated rings. The number of carbonyl (C=O) groups is 1. The van der Waals surface area contributed by atoms with E-state index in [0.29, 0.717) is 19.3 Å². The zero-order chi connectivity index (χ0) is 54.1. The van der Waals surface area contributed by atoms with E-state index in [2.05, 4.69) is 67.8 Å². The van der Waals surface area contributed by atoms with Crippen molar-refractivity contribution in [1.82, 2.24) is 5.32 Å². The number of hydrogen-bond acceptors (Lipinski definition) is 18. The lowest BCUT2D eigenvalue weighted by atomic mass is 9.96. The molecule has 19 nitrogen and oxygen atoms in total. The smallest absolute Gasteiger partial charge is 0.220 e. The highest BCUT2D eigenvalue weighted by Gasteiger charge is 2.53. The summed E-state index contributed by atoms with van der Waals surface area (Å²) >= 11 is 0. The van der Waals surface area contributed by atoms with Gasteiger partial charge in [-0.3, -0.25) is 4.79 Å². The molecule has 0 aliphatic carbocycles. The van der Waals surface area contributed by atoms with Gasteiger partial charge in [0, 0.05) is 6.42 Å². The van der Waals surface area contributed by atoms with E-state index in [1.807, 2.05) is 18.2 Å². The molecule has 3 aliphatic rings. The van der Waals surface area contributed by atoms with Gasteiger partial charge in [-0.25, -0.2) is 0 Å². The molecule has 12 N–H and O–H groups in total. The van der Waals surface area contributed by atoms with E-state index in [-0.39, 0.29) is 12.3 Å². The predicted octanol–water partition coefficient (Wildman–Crippen LogP) is 3.09. The van der Waals surface area contributed by atoms with Crippen molar-refractivity contribution in [3.8, 4) is 0 Å². The quantitative estimate of drug-likeness (QED) is 0.0314. The lowest BCUT2D eigenvalue weighted by Crippen LogP contribution is -2.66. The first kappa shape index (κ1) is 65.5. The van der Waals surface area contributed by atoms with Crippen molar-refractivity contribution in [3.05, 3.63) is 72.9 Å². The molecule has 0 saturated carbocycles. The molecular weight excluding hydrogens is 963 g/mol. The Kier molecular flexibility index (Phi) is 34.3. The molecule has 0 aromatic heterocycles. The average molecular weight is 1060 g/mol. The van der Waals surface area contributed by atoms with Gasteiger partial charge in [0.25, 0.3) is 0 Å². The van der Waals surface area contributed by atoms with E-state index in [9.17, 15) is 61.0 Å². The van der Waals surface area contributed by atoms with Crippen LogP contribution in [0.3, 0.4) is 0 Å². The van der Waals surface area contributed by atoms with Crippen molar-refractivity contribution < 1.29 is 89.4 Å². The number of unbranched alkanes of at least 4 members (excludes halogenated alkanes) is 11. The third-order valence-corrected chi connectivity index (χ3v) is 13.3. The van der Waals surface area contributed by atoms with Crippen LogP contribution in [0.15, 0.2) is 72.9 Å². The average Bonchev–Trinajstić information content (AvgIpc) is 3.40. The van der Waals surface area contributed by atoms with Gasteiger partial charge in [0.2, 0.25) is 5.91 Å². The Hall–Kier alpha value is -2.77. The zero-order valence-electron chi connectivity index (χ0n) is 43.8. The van der Waals surface area contributed by atoms with Crippen LogP contribution in [0.5, 0.6) is 0 Å². The molecule has 3 saturated heterocycles. The van der Waals surface area contributed by atoms with E-state index in [1.54, 1.807) is 6.08 Å². The summed E-state index contributed by atoms with van der Waals surface area (Å²) in [4.78, 5) is 13.2. The van der Waals surface area contributed by atoms with Crippen molar-refractivity contribution >= 4 is 5.91 Å². The maximum Gasteiger partial charge on any atom is 0.220 e. The second-order valence-electron chi connectivity index (χ2n) is 19.3. The summed E-state index contributed by atoms with van der Waals surface area (Å²) in [6, 6.07) is -1.03. The van der Waals surface area contributed by atoms with Gasteiger partial charge in [-0.1, -0.05) is 145 Å². The number of aliphatic hydroxyl groups excluding tert-OH is 11. The molecule has 3 aliphatic heterocycles. The minimum Gasteiger partial charge on any atom is -0.394 e. The van der Waals surface area contributed by atoms with Crippen molar-refractivity contribution in [1.29, 1.82) is 0 Å². The normalized spacial score (nSPS) is 32.0. The number of hydrogen-bond donors (Lipinski definition) is 12. The third kappa shape index (κ3) is 23.5. The number of allylic oxidation sites excluding steroid dienone is 11. The largest absolute Gasteiger partial charge is 0.394 e. The Balaban J connectivity index is 1.58. The molecule has 17 unspecified atom stereocenters. The monoisotopic (exact) mass is 1060 g/mol. The van der Waals surface area contributed by atoms with Gasteiger partial charge in [-0.05, 0) is 57.8 Å². The summed E-state index contributed by atoms with van der Waals surface area (Å²) in [6.45, 7) is 1.48. The zero-order valence-corrected chi connectivity index (χ0v) is 43.8. The first-order chi connectivity index (χ1) is 35.8. The van der Waals surface area contributed by atoms with Crippen molar-refractivity contribution in [2.75, 3.05) is 26.4 Å². The fraction of sp³-hybridized carbons (Fsp3) is 0.764.